The Balaban J connectivity index is 2.28. The van der Waals surface area contributed by atoms with Crippen LogP contribution in [0.25, 0.3) is 0 Å². The zero-order valence-electron chi connectivity index (χ0n) is 10.5. The first-order valence-electron chi connectivity index (χ1n) is 6.01. The lowest BCUT2D eigenvalue weighted by molar-refractivity contribution is 0.0991. The number of aromatic nitrogens is 1. The van der Waals surface area contributed by atoms with E-state index < -0.39 is 5.82 Å². The number of hydrogen-bond donors (Lipinski definition) is 0. The summed E-state index contributed by atoms with van der Waals surface area (Å²) in [5.41, 5.74) is 1.78. The van der Waals surface area contributed by atoms with Crippen LogP contribution in [0.15, 0.2) is 36.7 Å². The average molecular weight is 278 g/mol. The molecule has 0 unspecified atom stereocenters. The molecule has 98 valence electrons. The summed E-state index contributed by atoms with van der Waals surface area (Å²) in [6.07, 6.45) is 3.96. The van der Waals surface area contributed by atoms with Gasteiger partial charge in [0.15, 0.2) is 5.78 Å². The third-order valence-electron chi connectivity index (χ3n) is 2.94. The predicted molar refractivity (Wildman–Crippen MR) is 73.1 cm³/mol. The maximum absolute atomic E-state index is 13.6. The lowest BCUT2D eigenvalue weighted by Gasteiger charge is -2.07. The SMILES string of the molecule is CCc1cnccc1C(=O)Cc1cc(Cl)ccc1F. The number of halogens is 2. The van der Waals surface area contributed by atoms with Crippen LogP contribution < -0.4 is 0 Å². The number of ketones is 1. The van der Waals surface area contributed by atoms with Crippen molar-refractivity contribution in [2.45, 2.75) is 19.8 Å². The quantitative estimate of drug-likeness (QED) is 0.794. The van der Waals surface area contributed by atoms with Crippen LogP contribution >= 0.6 is 11.6 Å². The number of rotatable bonds is 4. The lowest BCUT2D eigenvalue weighted by Crippen LogP contribution is -2.08. The van der Waals surface area contributed by atoms with Crippen molar-refractivity contribution in [3.63, 3.8) is 0 Å². The fraction of sp³-hybridized carbons (Fsp3) is 0.200. The molecule has 19 heavy (non-hydrogen) atoms. The Morgan fingerprint density at radius 3 is 2.84 bits per heavy atom. The highest BCUT2D eigenvalue weighted by atomic mass is 35.5. The van der Waals surface area contributed by atoms with Crippen LogP contribution in [0.3, 0.4) is 0 Å². The van der Waals surface area contributed by atoms with E-state index in [1.807, 2.05) is 6.92 Å². The normalized spacial score (nSPS) is 10.5. The summed E-state index contributed by atoms with van der Waals surface area (Å²) in [5.74, 6) is -0.537. The van der Waals surface area contributed by atoms with E-state index in [1.54, 1.807) is 18.5 Å². The highest BCUT2D eigenvalue weighted by Crippen LogP contribution is 2.18. The first-order chi connectivity index (χ1) is 9.11. The third kappa shape index (κ3) is 3.18. The lowest BCUT2D eigenvalue weighted by atomic mass is 9.99. The Morgan fingerprint density at radius 2 is 2.11 bits per heavy atom. The Bertz CT molecular complexity index is 613. The second-order valence-electron chi connectivity index (χ2n) is 4.22. The van der Waals surface area contributed by atoms with Crippen LogP contribution in [0.4, 0.5) is 4.39 Å². The van der Waals surface area contributed by atoms with Gasteiger partial charge in [-0.25, -0.2) is 4.39 Å². The van der Waals surface area contributed by atoms with E-state index in [0.717, 1.165) is 5.56 Å². The molecule has 0 fully saturated rings. The van der Waals surface area contributed by atoms with Gasteiger partial charge in [-0.2, -0.15) is 0 Å². The minimum Gasteiger partial charge on any atom is -0.294 e. The molecule has 0 aliphatic heterocycles. The van der Waals surface area contributed by atoms with Gasteiger partial charge in [-0.15, -0.1) is 0 Å². The van der Waals surface area contributed by atoms with E-state index in [0.29, 0.717) is 22.6 Å². The fourth-order valence-corrected chi connectivity index (χ4v) is 2.12. The van der Waals surface area contributed by atoms with Crippen molar-refractivity contribution in [1.82, 2.24) is 4.98 Å². The van der Waals surface area contributed by atoms with E-state index in [1.165, 1.54) is 18.2 Å². The monoisotopic (exact) mass is 277 g/mol. The third-order valence-corrected chi connectivity index (χ3v) is 3.18. The number of nitrogens with zero attached hydrogens (tertiary/aromatic N) is 1. The number of benzene rings is 1. The molecule has 0 saturated carbocycles. The van der Waals surface area contributed by atoms with Gasteiger partial charge in [-0.1, -0.05) is 18.5 Å². The number of hydrogen-bond acceptors (Lipinski definition) is 2. The molecule has 0 aliphatic carbocycles. The Labute approximate surface area is 116 Å². The summed E-state index contributed by atoms with van der Waals surface area (Å²) in [7, 11) is 0. The zero-order valence-corrected chi connectivity index (χ0v) is 11.2. The molecule has 4 heteroatoms. The largest absolute Gasteiger partial charge is 0.294 e. The minimum absolute atomic E-state index is 0.00338. The standard InChI is InChI=1S/C15H13ClFNO/c1-2-10-9-18-6-5-13(10)15(19)8-11-7-12(16)3-4-14(11)17/h3-7,9H,2,8H2,1H3. The van der Waals surface area contributed by atoms with E-state index in [4.69, 9.17) is 11.6 Å². The second-order valence-corrected chi connectivity index (χ2v) is 4.66. The van der Waals surface area contributed by atoms with Crippen LogP contribution in [0.5, 0.6) is 0 Å². The smallest absolute Gasteiger partial charge is 0.167 e. The molecular weight excluding hydrogens is 265 g/mol. The molecule has 0 aliphatic rings. The number of pyridine rings is 1. The zero-order chi connectivity index (χ0) is 13.8. The first kappa shape index (κ1) is 13.7. The van der Waals surface area contributed by atoms with E-state index in [2.05, 4.69) is 4.98 Å². The average Bonchev–Trinajstić information content (AvgIpc) is 2.42. The second kappa shape index (κ2) is 5.93. The van der Waals surface area contributed by atoms with Crippen molar-refractivity contribution in [2.75, 3.05) is 0 Å². The van der Waals surface area contributed by atoms with Crippen molar-refractivity contribution in [3.05, 3.63) is 64.2 Å². The van der Waals surface area contributed by atoms with Gasteiger partial charge in [0.05, 0.1) is 0 Å². The molecular formula is C15H13ClFNO. The first-order valence-corrected chi connectivity index (χ1v) is 6.39. The van der Waals surface area contributed by atoms with Crippen molar-refractivity contribution in [2.24, 2.45) is 0 Å². The maximum atomic E-state index is 13.6. The Kier molecular flexibility index (Phi) is 4.27. The van der Waals surface area contributed by atoms with Crippen LogP contribution in [-0.4, -0.2) is 10.8 Å². The van der Waals surface area contributed by atoms with E-state index >= 15 is 0 Å². The summed E-state index contributed by atoms with van der Waals surface area (Å²) in [6, 6.07) is 5.90. The number of carbonyl (C=O) groups is 1. The van der Waals surface area contributed by atoms with Crippen molar-refractivity contribution < 1.29 is 9.18 Å². The molecule has 0 atom stereocenters. The predicted octanol–water partition coefficient (Wildman–Crippen LogP) is 3.86. The minimum atomic E-state index is -0.412. The highest BCUT2D eigenvalue weighted by Gasteiger charge is 2.13. The van der Waals surface area contributed by atoms with Crippen molar-refractivity contribution in [1.29, 1.82) is 0 Å². The van der Waals surface area contributed by atoms with Gasteiger partial charge >= 0.3 is 0 Å². The Morgan fingerprint density at radius 1 is 1.32 bits per heavy atom. The number of Topliss-reactive ketones (excluding diaryl/α,β-unsaturated/α-hetero) is 1. The molecule has 1 aromatic carbocycles. The van der Waals surface area contributed by atoms with Gasteiger partial charge in [0.2, 0.25) is 0 Å². The van der Waals surface area contributed by atoms with Gasteiger partial charge in [-0.05, 0) is 41.8 Å². The number of carbonyl (C=O) groups excluding carboxylic acids is 1. The molecule has 1 heterocycles. The topological polar surface area (TPSA) is 30.0 Å². The summed E-state index contributed by atoms with van der Waals surface area (Å²) >= 11 is 5.82. The molecule has 1 aromatic heterocycles. The van der Waals surface area contributed by atoms with E-state index in [9.17, 15) is 9.18 Å². The van der Waals surface area contributed by atoms with Crippen LogP contribution in [0, 0.1) is 5.82 Å². The molecule has 0 radical (unpaired) electrons. The van der Waals surface area contributed by atoms with Gasteiger partial charge in [0.1, 0.15) is 5.82 Å². The summed E-state index contributed by atoms with van der Waals surface area (Å²) in [4.78, 5) is 16.2. The fourth-order valence-electron chi connectivity index (χ4n) is 1.93. The molecule has 0 bridgehead atoms. The van der Waals surface area contributed by atoms with Crippen LogP contribution in [0.2, 0.25) is 5.02 Å². The van der Waals surface area contributed by atoms with Crippen LogP contribution in [0.1, 0.15) is 28.4 Å². The van der Waals surface area contributed by atoms with E-state index in [-0.39, 0.29) is 12.2 Å². The maximum Gasteiger partial charge on any atom is 0.167 e. The molecule has 2 rings (SSSR count). The Hall–Kier alpha value is -1.74. The van der Waals surface area contributed by atoms with Gasteiger partial charge < -0.3 is 0 Å². The summed E-state index contributed by atoms with van der Waals surface area (Å²) in [5, 5.41) is 0.426. The summed E-state index contributed by atoms with van der Waals surface area (Å²) in [6.45, 7) is 1.95. The van der Waals surface area contributed by atoms with Gasteiger partial charge in [0.25, 0.3) is 0 Å². The van der Waals surface area contributed by atoms with Crippen molar-refractivity contribution in [3.8, 4) is 0 Å². The van der Waals surface area contributed by atoms with Crippen LogP contribution in [-0.2, 0) is 12.8 Å². The van der Waals surface area contributed by atoms with Gasteiger partial charge in [-0.3, -0.25) is 9.78 Å². The van der Waals surface area contributed by atoms with Gasteiger partial charge in [0, 0.05) is 29.4 Å². The highest BCUT2D eigenvalue weighted by molar-refractivity contribution is 6.30. The molecule has 2 aromatic rings. The molecule has 2 nitrogen and oxygen atoms in total. The molecule has 0 spiro atoms. The summed E-state index contributed by atoms with van der Waals surface area (Å²) < 4.78 is 13.6. The number of aryl methyl sites for hydroxylation is 1. The molecule has 0 saturated heterocycles. The van der Waals surface area contributed by atoms with Crippen molar-refractivity contribution >= 4 is 17.4 Å². The molecule has 0 amide bonds. The molecule has 0 N–H and O–H groups in total.